The molecule has 2 rings (SSSR count). The molecule has 1 amide bonds. The number of carbonyl (C=O) groups excluding carboxylic acids is 1. The SMILES string of the molecule is COC1CCCC(OCC(=O)Nc2ccc(F)c(N)c2)C1. The standard InChI is InChI=1S/C15H21FN2O3/c1-20-11-3-2-4-12(8-11)21-9-15(19)18-10-5-6-13(16)14(17)7-10/h5-7,11-12H,2-4,8-9,17H2,1H3,(H,18,19). The lowest BCUT2D eigenvalue weighted by Gasteiger charge is -2.27. The van der Waals surface area contributed by atoms with E-state index in [0.717, 1.165) is 25.7 Å². The van der Waals surface area contributed by atoms with Crippen LogP contribution in [0.2, 0.25) is 0 Å². The third-order valence-corrected chi connectivity index (χ3v) is 3.64. The van der Waals surface area contributed by atoms with E-state index in [1.807, 2.05) is 0 Å². The zero-order valence-corrected chi connectivity index (χ0v) is 12.1. The van der Waals surface area contributed by atoms with Gasteiger partial charge in [0.2, 0.25) is 5.91 Å². The van der Waals surface area contributed by atoms with Gasteiger partial charge in [0, 0.05) is 12.8 Å². The summed E-state index contributed by atoms with van der Waals surface area (Å²) in [6.07, 6.45) is 4.09. The number of ether oxygens (including phenoxy) is 2. The molecule has 0 heterocycles. The lowest BCUT2D eigenvalue weighted by molar-refractivity contribution is -0.124. The van der Waals surface area contributed by atoms with Crippen LogP contribution in [-0.4, -0.2) is 31.8 Å². The molecule has 21 heavy (non-hydrogen) atoms. The highest BCUT2D eigenvalue weighted by Gasteiger charge is 2.22. The van der Waals surface area contributed by atoms with Gasteiger partial charge in [0.1, 0.15) is 12.4 Å². The first-order valence-corrected chi connectivity index (χ1v) is 7.07. The number of hydrogen-bond acceptors (Lipinski definition) is 4. The number of nitrogens with two attached hydrogens (primary N) is 1. The summed E-state index contributed by atoms with van der Waals surface area (Å²) < 4.78 is 23.9. The normalized spacial score (nSPS) is 22.0. The molecule has 1 aliphatic carbocycles. The summed E-state index contributed by atoms with van der Waals surface area (Å²) >= 11 is 0. The average molecular weight is 296 g/mol. The van der Waals surface area contributed by atoms with E-state index in [0.29, 0.717) is 5.69 Å². The van der Waals surface area contributed by atoms with Gasteiger partial charge in [0.25, 0.3) is 0 Å². The van der Waals surface area contributed by atoms with Crippen LogP contribution in [-0.2, 0) is 14.3 Å². The van der Waals surface area contributed by atoms with Gasteiger partial charge in [-0.05, 0) is 43.9 Å². The fraction of sp³-hybridized carbons (Fsp3) is 0.533. The molecule has 0 spiro atoms. The highest BCUT2D eigenvalue weighted by Crippen LogP contribution is 2.23. The summed E-state index contributed by atoms with van der Waals surface area (Å²) in [4.78, 5) is 11.8. The molecule has 2 unspecified atom stereocenters. The van der Waals surface area contributed by atoms with Crippen molar-refractivity contribution in [1.82, 2.24) is 0 Å². The quantitative estimate of drug-likeness (QED) is 0.818. The van der Waals surface area contributed by atoms with Gasteiger partial charge in [-0.25, -0.2) is 4.39 Å². The number of halogens is 1. The number of nitrogen functional groups attached to an aromatic ring is 1. The van der Waals surface area contributed by atoms with Crippen molar-refractivity contribution >= 4 is 17.3 Å². The molecule has 2 atom stereocenters. The van der Waals surface area contributed by atoms with E-state index < -0.39 is 5.82 Å². The van der Waals surface area contributed by atoms with Crippen LogP contribution in [0.1, 0.15) is 25.7 Å². The Morgan fingerprint density at radius 3 is 2.90 bits per heavy atom. The van der Waals surface area contributed by atoms with Crippen LogP contribution in [0.15, 0.2) is 18.2 Å². The second-order valence-corrected chi connectivity index (χ2v) is 5.24. The first-order valence-electron chi connectivity index (χ1n) is 7.07. The van der Waals surface area contributed by atoms with Crippen LogP contribution in [0.3, 0.4) is 0 Å². The summed E-state index contributed by atoms with van der Waals surface area (Å²) in [6.45, 7) is -0.0294. The van der Waals surface area contributed by atoms with Crippen LogP contribution in [0.5, 0.6) is 0 Å². The second-order valence-electron chi connectivity index (χ2n) is 5.24. The van der Waals surface area contributed by atoms with E-state index in [1.165, 1.54) is 18.2 Å². The number of anilines is 2. The molecule has 116 valence electrons. The van der Waals surface area contributed by atoms with Crippen LogP contribution in [0, 0.1) is 5.82 Å². The van der Waals surface area contributed by atoms with Gasteiger partial charge in [0.05, 0.1) is 17.9 Å². The Balaban J connectivity index is 1.78. The number of benzene rings is 1. The predicted octanol–water partition coefficient (Wildman–Crippen LogP) is 2.32. The highest BCUT2D eigenvalue weighted by atomic mass is 19.1. The van der Waals surface area contributed by atoms with Crippen molar-refractivity contribution in [2.24, 2.45) is 0 Å². The van der Waals surface area contributed by atoms with Crippen molar-refractivity contribution < 1.29 is 18.7 Å². The molecule has 0 aromatic heterocycles. The molecule has 1 saturated carbocycles. The Kier molecular flexibility index (Phi) is 5.52. The fourth-order valence-corrected chi connectivity index (χ4v) is 2.48. The Morgan fingerprint density at radius 1 is 1.43 bits per heavy atom. The lowest BCUT2D eigenvalue weighted by atomic mass is 9.95. The Bertz CT molecular complexity index is 496. The molecule has 1 fully saturated rings. The van der Waals surface area contributed by atoms with Crippen molar-refractivity contribution in [2.75, 3.05) is 24.8 Å². The monoisotopic (exact) mass is 296 g/mol. The molecule has 3 N–H and O–H groups in total. The second kappa shape index (κ2) is 7.38. The zero-order valence-electron chi connectivity index (χ0n) is 12.1. The zero-order chi connectivity index (χ0) is 15.2. The summed E-state index contributed by atoms with van der Waals surface area (Å²) in [7, 11) is 1.69. The van der Waals surface area contributed by atoms with E-state index in [2.05, 4.69) is 5.32 Å². The van der Waals surface area contributed by atoms with E-state index in [9.17, 15) is 9.18 Å². The van der Waals surface area contributed by atoms with Gasteiger partial charge < -0.3 is 20.5 Å². The van der Waals surface area contributed by atoms with E-state index in [4.69, 9.17) is 15.2 Å². The van der Waals surface area contributed by atoms with Gasteiger partial charge in [-0.3, -0.25) is 4.79 Å². The largest absolute Gasteiger partial charge is 0.396 e. The maximum atomic E-state index is 13.0. The van der Waals surface area contributed by atoms with E-state index >= 15 is 0 Å². The minimum Gasteiger partial charge on any atom is -0.396 e. The summed E-state index contributed by atoms with van der Waals surface area (Å²) in [6, 6.07) is 4.07. The molecule has 0 saturated heterocycles. The van der Waals surface area contributed by atoms with Crippen LogP contribution in [0.25, 0.3) is 0 Å². The minimum atomic E-state index is -0.503. The number of rotatable bonds is 5. The molecule has 0 aliphatic heterocycles. The van der Waals surface area contributed by atoms with Crippen molar-refractivity contribution in [3.05, 3.63) is 24.0 Å². The van der Waals surface area contributed by atoms with Crippen molar-refractivity contribution in [2.45, 2.75) is 37.9 Å². The Hall–Kier alpha value is -1.66. The topological polar surface area (TPSA) is 73.6 Å². The van der Waals surface area contributed by atoms with Gasteiger partial charge in [-0.15, -0.1) is 0 Å². The van der Waals surface area contributed by atoms with Crippen molar-refractivity contribution in [3.63, 3.8) is 0 Å². The predicted molar refractivity (Wildman–Crippen MR) is 78.4 cm³/mol. The fourth-order valence-electron chi connectivity index (χ4n) is 2.48. The number of methoxy groups -OCH3 is 1. The Morgan fingerprint density at radius 2 is 2.19 bits per heavy atom. The van der Waals surface area contributed by atoms with Crippen LogP contribution >= 0.6 is 0 Å². The van der Waals surface area contributed by atoms with Gasteiger partial charge in [-0.2, -0.15) is 0 Å². The Labute approximate surface area is 123 Å². The molecular weight excluding hydrogens is 275 g/mol. The molecular formula is C15H21FN2O3. The van der Waals surface area contributed by atoms with Gasteiger partial charge in [-0.1, -0.05) is 0 Å². The van der Waals surface area contributed by atoms with Gasteiger partial charge >= 0.3 is 0 Å². The summed E-state index contributed by atoms with van der Waals surface area (Å²) in [5, 5.41) is 2.63. The van der Waals surface area contributed by atoms with Crippen LogP contribution in [0.4, 0.5) is 15.8 Å². The summed E-state index contributed by atoms with van der Waals surface area (Å²) in [5.41, 5.74) is 5.91. The number of nitrogens with one attached hydrogen (secondary N) is 1. The number of carbonyl (C=O) groups is 1. The third kappa shape index (κ3) is 4.68. The molecule has 1 aliphatic rings. The molecule has 1 aromatic rings. The van der Waals surface area contributed by atoms with Crippen LogP contribution < -0.4 is 11.1 Å². The molecule has 1 aromatic carbocycles. The maximum Gasteiger partial charge on any atom is 0.250 e. The van der Waals surface area contributed by atoms with E-state index in [-0.39, 0.29) is 30.4 Å². The smallest absolute Gasteiger partial charge is 0.250 e. The maximum absolute atomic E-state index is 13.0. The minimum absolute atomic E-state index is 0.00364. The van der Waals surface area contributed by atoms with Crippen molar-refractivity contribution in [1.29, 1.82) is 0 Å². The number of hydrogen-bond donors (Lipinski definition) is 2. The number of amides is 1. The average Bonchev–Trinajstić information content (AvgIpc) is 2.49. The first-order chi connectivity index (χ1) is 10.1. The molecule has 5 nitrogen and oxygen atoms in total. The first kappa shape index (κ1) is 15.7. The molecule has 6 heteroatoms. The van der Waals surface area contributed by atoms with Gasteiger partial charge in [0.15, 0.2) is 0 Å². The van der Waals surface area contributed by atoms with Crippen molar-refractivity contribution in [3.8, 4) is 0 Å². The highest BCUT2D eigenvalue weighted by molar-refractivity contribution is 5.92. The molecule has 0 bridgehead atoms. The summed E-state index contributed by atoms with van der Waals surface area (Å²) in [5.74, 6) is -0.780. The third-order valence-electron chi connectivity index (χ3n) is 3.64. The lowest BCUT2D eigenvalue weighted by Crippen LogP contribution is -2.30. The van der Waals surface area contributed by atoms with E-state index in [1.54, 1.807) is 7.11 Å². The molecule has 0 radical (unpaired) electrons.